The van der Waals surface area contributed by atoms with Crippen LogP contribution in [0, 0.1) is 11.2 Å². The SMILES string of the molecule is CC(Cc1ccccc1F)NC(=O)N1CCC(C)(C(=O)O)C1. The van der Waals surface area contributed by atoms with Gasteiger partial charge in [-0.05, 0) is 38.3 Å². The van der Waals surface area contributed by atoms with Gasteiger partial charge in [0.15, 0.2) is 0 Å². The van der Waals surface area contributed by atoms with Crippen molar-refractivity contribution in [3.63, 3.8) is 0 Å². The standard InChI is InChI=1S/C16H21FN2O3/c1-11(9-12-5-3-4-6-13(12)17)18-15(22)19-8-7-16(2,10-19)14(20)21/h3-6,11H,7-10H2,1-2H3,(H,18,22)(H,20,21). The molecule has 0 aromatic heterocycles. The van der Waals surface area contributed by atoms with Crippen LogP contribution in [0.4, 0.5) is 9.18 Å². The van der Waals surface area contributed by atoms with Gasteiger partial charge in [-0.25, -0.2) is 9.18 Å². The molecule has 0 saturated carbocycles. The monoisotopic (exact) mass is 308 g/mol. The highest BCUT2D eigenvalue weighted by Gasteiger charge is 2.42. The quantitative estimate of drug-likeness (QED) is 0.896. The summed E-state index contributed by atoms with van der Waals surface area (Å²) in [5.41, 5.74) is -0.335. The first-order chi connectivity index (χ1) is 10.3. The minimum Gasteiger partial charge on any atom is -0.481 e. The number of nitrogens with zero attached hydrogens (tertiary/aromatic N) is 1. The van der Waals surface area contributed by atoms with Crippen LogP contribution in [-0.2, 0) is 11.2 Å². The molecule has 2 unspecified atom stereocenters. The van der Waals surface area contributed by atoms with Crippen molar-refractivity contribution >= 4 is 12.0 Å². The molecule has 1 aliphatic heterocycles. The second kappa shape index (κ2) is 6.34. The third-order valence-corrected chi connectivity index (χ3v) is 4.13. The van der Waals surface area contributed by atoms with E-state index in [0.29, 0.717) is 24.9 Å². The zero-order chi connectivity index (χ0) is 16.3. The first kappa shape index (κ1) is 16.3. The highest BCUT2D eigenvalue weighted by Crippen LogP contribution is 2.30. The molecule has 2 rings (SSSR count). The maximum atomic E-state index is 13.6. The Morgan fingerprint density at radius 2 is 2.14 bits per heavy atom. The molecule has 2 N–H and O–H groups in total. The number of urea groups is 1. The number of halogens is 1. The van der Waals surface area contributed by atoms with E-state index in [1.165, 1.54) is 11.0 Å². The van der Waals surface area contributed by atoms with E-state index in [-0.39, 0.29) is 24.4 Å². The smallest absolute Gasteiger partial charge is 0.317 e. The van der Waals surface area contributed by atoms with E-state index in [1.807, 2.05) is 0 Å². The number of likely N-dealkylation sites (tertiary alicyclic amines) is 1. The van der Waals surface area contributed by atoms with Gasteiger partial charge < -0.3 is 15.3 Å². The molecule has 6 heteroatoms. The molecule has 0 spiro atoms. The first-order valence-corrected chi connectivity index (χ1v) is 7.34. The molecule has 0 bridgehead atoms. The van der Waals surface area contributed by atoms with E-state index >= 15 is 0 Å². The van der Waals surface area contributed by atoms with E-state index in [4.69, 9.17) is 0 Å². The van der Waals surface area contributed by atoms with Gasteiger partial charge in [-0.2, -0.15) is 0 Å². The molecule has 0 aliphatic carbocycles. The van der Waals surface area contributed by atoms with E-state index < -0.39 is 11.4 Å². The average molecular weight is 308 g/mol. The molecule has 1 saturated heterocycles. The van der Waals surface area contributed by atoms with Gasteiger partial charge in [0.25, 0.3) is 0 Å². The molecule has 5 nitrogen and oxygen atoms in total. The Bertz CT molecular complexity index is 578. The summed E-state index contributed by atoms with van der Waals surface area (Å²) in [4.78, 5) is 24.9. The van der Waals surface area contributed by atoms with E-state index in [1.54, 1.807) is 32.0 Å². The number of rotatable bonds is 4. The number of carboxylic acid groups (broad SMARTS) is 1. The second-order valence-corrected chi connectivity index (χ2v) is 6.18. The molecule has 1 aromatic rings. The summed E-state index contributed by atoms with van der Waals surface area (Å²) >= 11 is 0. The van der Waals surface area contributed by atoms with Crippen LogP contribution < -0.4 is 5.32 Å². The molecule has 1 aromatic carbocycles. The number of hydrogen-bond donors (Lipinski definition) is 2. The molecule has 0 radical (unpaired) electrons. The summed E-state index contributed by atoms with van der Waals surface area (Å²) in [6.45, 7) is 4.06. The fourth-order valence-electron chi connectivity index (χ4n) is 2.66. The van der Waals surface area contributed by atoms with Gasteiger partial charge in [-0.15, -0.1) is 0 Å². The molecule has 1 fully saturated rings. The summed E-state index contributed by atoms with van der Waals surface area (Å²) in [6, 6.07) is 5.93. The molecular weight excluding hydrogens is 287 g/mol. The van der Waals surface area contributed by atoms with Gasteiger partial charge in [0.2, 0.25) is 0 Å². The van der Waals surface area contributed by atoms with E-state index in [2.05, 4.69) is 5.32 Å². The Hall–Kier alpha value is -2.11. The lowest BCUT2D eigenvalue weighted by molar-refractivity contribution is -0.146. The molecule has 2 amide bonds. The fraction of sp³-hybridized carbons (Fsp3) is 0.500. The van der Waals surface area contributed by atoms with Gasteiger partial charge in [0.05, 0.1) is 5.41 Å². The largest absolute Gasteiger partial charge is 0.481 e. The molecule has 1 aliphatic rings. The van der Waals surface area contributed by atoms with Crippen LogP contribution in [0.15, 0.2) is 24.3 Å². The Morgan fingerprint density at radius 3 is 2.73 bits per heavy atom. The lowest BCUT2D eigenvalue weighted by Gasteiger charge is -2.23. The van der Waals surface area contributed by atoms with Crippen molar-refractivity contribution in [1.82, 2.24) is 10.2 Å². The van der Waals surface area contributed by atoms with Gasteiger partial charge in [-0.1, -0.05) is 18.2 Å². The van der Waals surface area contributed by atoms with Crippen LogP contribution in [-0.4, -0.2) is 41.1 Å². The maximum Gasteiger partial charge on any atom is 0.317 e. The molecule has 22 heavy (non-hydrogen) atoms. The van der Waals surface area contributed by atoms with Gasteiger partial charge >= 0.3 is 12.0 Å². The highest BCUT2D eigenvalue weighted by atomic mass is 19.1. The second-order valence-electron chi connectivity index (χ2n) is 6.18. The van der Waals surface area contributed by atoms with Crippen molar-refractivity contribution in [2.45, 2.75) is 32.7 Å². The number of hydrogen-bond acceptors (Lipinski definition) is 2. The van der Waals surface area contributed by atoms with Crippen LogP contribution in [0.5, 0.6) is 0 Å². The van der Waals surface area contributed by atoms with E-state index in [0.717, 1.165) is 0 Å². The Morgan fingerprint density at radius 1 is 1.45 bits per heavy atom. The lowest BCUT2D eigenvalue weighted by Crippen LogP contribution is -2.45. The summed E-state index contributed by atoms with van der Waals surface area (Å²) in [5, 5.41) is 12.0. The average Bonchev–Trinajstić information content (AvgIpc) is 2.85. The molecule has 1 heterocycles. The van der Waals surface area contributed by atoms with Crippen LogP contribution in [0.25, 0.3) is 0 Å². The fourth-order valence-corrected chi connectivity index (χ4v) is 2.66. The number of amides is 2. The summed E-state index contributed by atoms with van der Waals surface area (Å²) < 4.78 is 13.6. The number of carboxylic acids is 1. The van der Waals surface area contributed by atoms with Crippen molar-refractivity contribution < 1.29 is 19.1 Å². The number of carbonyl (C=O) groups is 2. The Balaban J connectivity index is 1.90. The normalized spacial score (nSPS) is 22.4. The van der Waals surface area contributed by atoms with Crippen molar-refractivity contribution in [3.05, 3.63) is 35.6 Å². The van der Waals surface area contributed by atoms with E-state index in [9.17, 15) is 19.1 Å². The highest BCUT2D eigenvalue weighted by molar-refractivity contribution is 5.79. The number of aliphatic carboxylic acids is 1. The summed E-state index contributed by atoms with van der Waals surface area (Å²) in [7, 11) is 0. The zero-order valence-corrected chi connectivity index (χ0v) is 12.8. The number of nitrogens with one attached hydrogen (secondary N) is 1. The van der Waals surface area contributed by atoms with Gasteiger partial charge in [0, 0.05) is 19.1 Å². The predicted octanol–water partition coefficient (Wildman–Crippen LogP) is 2.26. The molecule has 2 atom stereocenters. The number of benzene rings is 1. The third kappa shape index (κ3) is 3.55. The van der Waals surface area contributed by atoms with Crippen molar-refractivity contribution in [1.29, 1.82) is 0 Å². The summed E-state index contributed by atoms with van der Waals surface area (Å²) in [5.74, 6) is -1.18. The Labute approximate surface area is 129 Å². The molecular formula is C16H21FN2O3. The molecule has 120 valence electrons. The maximum absolute atomic E-state index is 13.6. The zero-order valence-electron chi connectivity index (χ0n) is 12.8. The first-order valence-electron chi connectivity index (χ1n) is 7.34. The van der Waals surface area contributed by atoms with Crippen LogP contribution >= 0.6 is 0 Å². The van der Waals surface area contributed by atoms with Crippen LogP contribution in [0.1, 0.15) is 25.8 Å². The van der Waals surface area contributed by atoms with Crippen molar-refractivity contribution in [2.24, 2.45) is 5.41 Å². The summed E-state index contributed by atoms with van der Waals surface area (Å²) in [6.07, 6.45) is 0.833. The topological polar surface area (TPSA) is 69.6 Å². The van der Waals surface area contributed by atoms with Crippen LogP contribution in [0.3, 0.4) is 0 Å². The minimum absolute atomic E-state index is 0.195. The van der Waals surface area contributed by atoms with Gasteiger partial charge in [0.1, 0.15) is 5.82 Å². The third-order valence-electron chi connectivity index (χ3n) is 4.13. The van der Waals surface area contributed by atoms with Crippen molar-refractivity contribution in [2.75, 3.05) is 13.1 Å². The van der Waals surface area contributed by atoms with Crippen molar-refractivity contribution in [3.8, 4) is 0 Å². The predicted molar refractivity (Wildman–Crippen MR) is 80.0 cm³/mol. The van der Waals surface area contributed by atoms with Gasteiger partial charge in [-0.3, -0.25) is 4.79 Å². The number of carbonyl (C=O) groups excluding carboxylic acids is 1. The lowest BCUT2D eigenvalue weighted by atomic mass is 9.90. The Kier molecular flexibility index (Phi) is 4.68. The minimum atomic E-state index is -0.887. The van der Waals surface area contributed by atoms with Crippen LogP contribution in [0.2, 0.25) is 0 Å².